The highest BCUT2D eigenvalue weighted by Crippen LogP contribution is 2.28. The Morgan fingerprint density at radius 3 is 2.59 bits per heavy atom. The van der Waals surface area contributed by atoms with Gasteiger partial charge in [-0.05, 0) is 23.8 Å². The maximum Gasteiger partial charge on any atom is 0.275 e. The predicted octanol–water partition coefficient (Wildman–Crippen LogP) is 4.03. The summed E-state index contributed by atoms with van der Waals surface area (Å²) in [5.41, 5.74) is 1.84. The number of halogens is 1. The Morgan fingerprint density at radius 2 is 1.93 bits per heavy atom. The molecule has 138 valence electrons. The molecule has 0 spiro atoms. The standard InChI is InChI=1S/C20H19ClN4O2/c1-25(13-14-6-4-3-5-7-14)19-12-22-17(11-23-19)20(26)24-16-10-15(21)8-9-18(16)27-2/h3-12H,13H2,1-2H3,(H,24,26). The summed E-state index contributed by atoms with van der Waals surface area (Å²) in [7, 11) is 3.45. The van der Waals surface area contributed by atoms with Crippen LogP contribution in [0.15, 0.2) is 60.9 Å². The van der Waals surface area contributed by atoms with Gasteiger partial charge >= 0.3 is 0 Å². The Morgan fingerprint density at radius 1 is 1.15 bits per heavy atom. The van der Waals surface area contributed by atoms with Crippen molar-refractivity contribution >= 4 is 29.0 Å². The minimum absolute atomic E-state index is 0.203. The Hall–Kier alpha value is -3.12. The van der Waals surface area contributed by atoms with Gasteiger partial charge in [0, 0.05) is 18.6 Å². The number of anilines is 2. The van der Waals surface area contributed by atoms with Crippen molar-refractivity contribution in [2.45, 2.75) is 6.54 Å². The molecule has 1 N–H and O–H groups in total. The van der Waals surface area contributed by atoms with Crippen molar-refractivity contribution in [2.24, 2.45) is 0 Å². The molecule has 0 aliphatic carbocycles. The Kier molecular flexibility index (Phi) is 5.88. The number of amides is 1. The number of nitrogens with zero attached hydrogens (tertiary/aromatic N) is 3. The van der Waals surface area contributed by atoms with Crippen molar-refractivity contribution in [1.82, 2.24) is 9.97 Å². The Bertz CT molecular complexity index is 917. The number of nitrogens with one attached hydrogen (secondary N) is 1. The lowest BCUT2D eigenvalue weighted by Crippen LogP contribution is -2.19. The molecule has 6 nitrogen and oxygen atoms in total. The second-order valence-corrected chi connectivity index (χ2v) is 6.34. The molecule has 0 aliphatic heterocycles. The molecule has 3 rings (SSSR count). The highest BCUT2D eigenvalue weighted by Gasteiger charge is 2.13. The van der Waals surface area contributed by atoms with Crippen LogP contribution in [-0.2, 0) is 6.54 Å². The van der Waals surface area contributed by atoms with Crippen LogP contribution in [0.5, 0.6) is 5.75 Å². The maximum atomic E-state index is 12.4. The quantitative estimate of drug-likeness (QED) is 0.697. The smallest absolute Gasteiger partial charge is 0.275 e. The summed E-state index contributed by atoms with van der Waals surface area (Å²) in [6.45, 7) is 0.695. The molecule has 1 amide bonds. The van der Waals surface area contributed by atoms with Gasteiger partial charge in [-0.1, -0.05) is 41.9 Å². The van der Waals surface area contributed by atoms with Crippen molar-refractivity contribution in [3.63, 3.8) is 0 Å². The van der Waals surface area contributed by atoms with Crippen molar-refractivity contribution in [2.75, 3.05) is 24.4 Å². The number of benzene rings is 2. The molecule has 7 heteroatoms. The average molecular weight is 383 g/mol. The molecule has 3 aromatic rings. The van der Waals surface area contributed by atoms with Crippen molar-refractivity contribution in [3.05, 3.63) is 77.2 Å². The lowest BCUT2D eigenvalue weighted by molar-refractivity contribution is 0.102. The molecule has 0 atom stereocenters. The predicted molar refractivity (Wildman–Crippen MR) is 107 cm³/mol. The summed E-state index contributed by atoms with van der Waals surface area (Å²) in [5.74, 6) is 0.802. The Balaban J connectivity index is 1.69. The molecular formula is C20H19ClN4O2. The van der Waals surface area contributed by atoms with Crippen LogP contribution in [0, 0.1) is 0 Å². The molecule has 1 heterocycles. The average Bonchev–Trinajstić information content (AvgIpc) is 2.69. The fourth-order valence-corrected chi connectivity index (χ4v) is 2.71. The van der Waals surface area contributed by atoms with Gasteiger partial charge in [-0.25, -0.2) is 9.97 Å². The molecule has 0 saturated heterocycles. The number of ether oxygens (including phenoxy) is 1. The molecule has 0 bridgehead atoms. The fraction of sp³-hybridized carbons (Fsp3) is 0.150. The first kappa shape index (κ1) is 18.7. The van der Waals surface area contributed by atoms with Crippen LogP contribution in [-0.4, -0.2) is 30.0 Å². The maximum absolute atomic E-state index is 12.4. The molecule has 0 unspecified atom stereocenters. The van der Waals surface area contributed by atoms with Crippen LogP contribution < -0.4 is 15.0 Å². The van der Waals surface area contributed by atoms with Gasteiger partial charge in [0.1, 0.15) is 17.3 Å². The molecule has 0 saturated carbocycles. The molecule has 2 aromatic carbocycles. The van der Waals surface area contributed by atoms with E-state index in [9.17, 15) is 4.79 Å². The van der Waals surface area contributed by atoms with E-state index in [4.69, 9.17) is 16.3 Å². The lowest BCUT2D eigenvalue weighted by atomic mass is 10.2. The lowest BCUT2D eigenvalue weighted by Gasteiger charge is -2.18. The van der Waals surface area contributed by atoms with E-state index >= 15 is 0 Å². The first-order valence-electron chi connectivity index (χ1n) is 8.29. The topological polar surface area (TPSA) is 67.3 Å². The minimum atomic E-state index is -0.389. The molecule has 0 radical (unpaired) electrons. The second-order valence-electron chi connectivity index (χ2n) is 5.90. The Labute approximate surface area is 162 Å². The van der Waals surface area contributed by atoms with Gasteiger partial charge in [0.05, 0.1) is 25.2 Å². The SMILES string of the molecule is COc1ccc(Cl)cc1NC(=O)c1cnc(N(C)Cc2ccccc2)cn1. The van der Waals surface area contributed by atoms with Crippen molar-refractivity contribution in [1.29, 1.82) is 0 Å². The number of methoxy groups -OCH3 is 1. The molecular weight excluding hydrogens is 364 g/mol. The van der Waals surface area contributed by atoms with Gasteiger partial charge in [0.15, 0.2) is 0 Å². The van der Waals surface area contributed by atoms with Gasteiger partial charge in [-0.3, -0.25) is 4.79 Å². The van der Waals surface area contributed by atoms with Crippen LogP contribution in [0.2, 0.25) is 5.02 Å². The van der Waals surface area contributed by atoms with E-state index in [-0.39, 0.29) is 11.6 Å². The minimum Gasteiger partial charge on any atom is -0.495 e. The molecule has 0 aliphatic rings. The zero-order chi connectivity index (χ0) is 19.2. The zero-order valence-corrected chi connectivity index (χ0v) is 15.8. The molecule has 27 heavy (non-hydrogen) atoms. The first-order valence-corrected chi connectivity index (χ1v) is 8.66. The summed E-state index contributed by atoms with van der Waals surface area (Å²) >= 11 is 5.99. The van der Waals surface area contributed by atoms with E-state index in [2.05, 4.69) is 15.3 Å². The zero-order valence-electron chi connectivity index (χ0n) is 15.0. The van der Waals surface area contributed by atoms with Crippen molar-refractivity contribution in [3.8, 4) is 5.75 Å². The first-order chi connectivity index (χ1) is 13.1. The third kappa shape index (κ3) is 4.74. The summed E-state index contributed by atoms with van der Waals surface area (Å²) in [6.07, 6.45) is 3.02. The van der Waals surface area contributed by atoms with E-state index in [1.807, 2.05) is 42.3 Å². The van der Waals surface area contributed by atoms with Gasteiger partial charge in [0.2, 0.25) is 0 Å². The van der Waals surface area contributed by atoms with Gasteiger partial charge in [-0.15, -0.1) is 0 Å². The highest BCUT2D eigenvalue weighted by atomic mass is 35.5. The van der Waals surface area contributed by atoms with Crippen LogP contribution in [0.25, 0.3) is 0 Å². The van der Waals surface area contributed by atoms with E-state index in [1.165, 1.54) is 13.3 Å². The van der Waals surface area contributed by atoms with Gasteiger partial charge < -0.3 is 15.0 Å². The van der Waals surface area contributed by atoms with E-state index < -0.39 is 0 Å². The highest BCUT2D eigenvalue weighted by molar-refractivity contribution is 6.31. The van der Waals surface area contributed by atoms with E-state index in [1.54, 1.807) is 24.4 Å². The molecule has 1 aromatic heterocycles. The largest absolute Gasteiger partial charge is 0.495 e. The van der Waals surface area contributed by atoms with Gasteiger partial charge in [-0.2, -0.15) is 0 Å². The summed E-state index contributed by atoms with van der Waals surface area (Å²) in [6, 6.07) is 15.0. The van der Waals surface area contributed by atoms with E-state index in [0.29, 0.717) is 28.8 Å². The van der Waals surface area contributed by atoms with Crippen LogP contribution in [0.1, 0.15) is 16.1 Å². The van der Waals surface area contributed by atoms with Crippen LogP contribution in [0.3, 0.4) is 0 Å². The summed E-state index contributed by atoms with van der Waals surface area (Å²) < 4.78 is 5.23. The number of hydrogen-bond acceptors (Lipinski definition) is 5. The number of carbonyl (C=O) groups excluding carboxylic acids is 1. The van der Waals surface area contributed by atoms with Crippen LogP contribution in [0.4, 0.5) is 11.5 Å². The number of rotatable bonds is 6. The third-order valence-electron chi connectivity index (χ3n) is 3.93. The number of hydrogen-bond donors (Lipinski definition) is 1. The monoisotopic (exact) mass is 382 g/mol. The van der Waals surface area contributed by atoms with E-state index in [0.717, 1.165) is 5.56 Å². The number of aromatic nitrogens is 2. The fourth-order valence-electron chi connectivity index (χ4n) is 2.54. The summed E-state index contributed by atoms with van der Waals surface area (Å²) in [5, 5.41) is 3.24. The normalized spacial score (nSPS) is 10.3. The van der Waals surface area contributed by atoms with Crippen molar-refractivity contribution < 1.29 is 9.53 Å². The van der Waals surface area contributed by atoms with Gasteiger partial charge in [0.25, 0.3) is 5.91 Å². The molecule has 0 fully saturated rings. The second kappa shape index (κ2) is 8.51. The van der Waals surface area contributed by atoms with Crippen LogP contribution >= 0.6 is 11.6 Å². The summed E-state index contributed by atoms with van der Waals surface area (Å²) in [4.78, 5) is 23.0. The third-order valence-corrected chi connectivity index (χ3v) is 4.17. The number of carbonyl (C=O) groups is 1.